The van der Waals surface area contributed by atoms with E-state index in [4.69, 9.17) is 4.74 Å². The van der Waals surface area contributed by atoms with Crippen molar-refractivity contribution in [2.24, 2.45) is 0 Å². The highest BCUT2D eigenvalue weighted by atomic mass is 16.5. The highest BCUT2D eigenvalue weighted by Crippen LogP contribution is 2.35. The van der Waals surface area contributed by atoms with Crippen LogP contribution in [0.15, 0.2) is 42.5 Å². The van der Waals surface area contributed by atoms with E-state index in [1.807, 2.05) is 36.4 Å². The molecule has 0 heterocycles. The van der Waals surface area contributed by atoms with Crippen molar-refractivity contribution in [1.29, 1.82) is 0 Å². The molecule has 0 amide bonds. The molecule has 0 unspecified atom stereocenters. The third kappa shape index (κ3) is 5.69. The Morgan fingerprint density at radius 2 is 1.63 bits per heavy atom. The van der Waals surface area contributed by atoms with Crippen molar-refractivity contribution in [3.63, 3.8) is 0 Å². The van der Waals surface area contributed by atoms with Crippen molar-refractivity contribution < 1.29 is 9.53 Å². The Balaban J connectivity index is 2.44. The summed E-state index contributed by atoms with van der Waals surface area (Å²) in [6.07, 6.45) is 4.62. The lowest BCUT2D eigenvalue weighted by Crippen LogP contribution is -2.11. The maximum absolute atomic E-state index is 13.3. The molecule has 0 aliphatic rings. The second kappa shape index (κ2) is 10.3. The predicted molar refractivity (Wildman–Crippen MR) is 114 cm³/mol. The van der Waals surface area contributed by atoms with Crippen molar-refractivity contribution in [2.45, 2.75) is 72.1 Å². The monoisotopic (exact) mass is 366 g/mol. The normalized spacial score (nSPS) is 11.2. The van der Waals surface area contributed by atoms with Gasteiger partial charge in [-0.2, -0.15) is 0 Å². The third-order valence-electron chi connectivity index (χ3n) is 4.95. The molecule has 0 fully saturated rings. The van der Waals surface area contributed by atoms with Gasteiger partial charge in [0.2, 0.25) is 0 Å². The van der Waals surface area contributed by atoms with Crippen LogP contribution in [0.5, 0.6) is 5.75 Å². The van der Waals surface area contributed by atoms with Gasteiger partial charge in [0.25, 0.3) is 0 Å². The Hall–Kier alpha value is -2.09. The van der Waals surface area contributed by atoms with Crippen LogP contribution in [0.1, 0.15) is 99.2 Å². The highest BCUT2D eigenvalue weighted by molar-refractivity contribution is 6.11. The molecule has 0 radical (unpaired) electrons. The number of carbonyl (C=O) groups excluding carboxylic acids is 1. The zero-order valence-electron chi connectivity index (χ0n) is 17.5. The first-order valence-electron chi connectivity index (χ1n) is 10.4. The summed E-state index contributed by atoms with van der Waals surface area (Å²) in [6.45, 7) is 11.5. The second-order valence-electron chi connectivity index (χ2n) is 7.90. The Labute approximate surface area is 165 Å². The molecule has 0 atom stereocenters. The quantitative estimate of drug-likeness (QED) is 0.330. The minimum Gasteiger partial charge on any atom is -0.493 e. The molecule has 2 aromatic rings. The molecule has 2 heteroatoms. The van der Waals surface area contributed by atoms with Gasteiger partial charge in [-0.3, -0.25) is 4.79 Å². The fourth-order valence-corrected chi connectivity index (χ4v) is 3.21. The van der Waals surface area contributed by atoms with Gasteiger partial charge < -0.3 is 4.74 Å². The molecular weight excluding hydrogens is 332 g/mol. The maximum Gasteiger partial charge on any atom is 0.196 e. The van der Waals surface area contributed by atoms with Crippen LogP contribution in [0.25, 0.3) is 0 Å². The van der Waals surface area contributed by atoms with Crippen LogP contribution in [0.3, 0.4) is 0 Å². The molecule has 27 heavy (non-hydrogen) atoms. The van der Waals surface area contributed by atoms with E-state index in [9.17, 15) is 4.79 Å². The standard InChI is InChI=1S/C25H34O2/c1-6-7-8-12-15-27-25-22(19(4)5)16-21(18(2)3)17-23(25)24(26)20-13-10-9-11-14-20/h9-11,13-14,16-19H,6-8,12,15H2,1-5H3. The molecule has 0 aromatic heterocycles. The number of ether oxygens (including phenoxy) is 1. The summed E-state index contributed by atoms with van der Waals surface area (Å²) in [5.74, 6) is 1.49. The highest BCUT2D eigenvalue weighted by Gasteiger charge is 2.22. The van der Waals surface area contributed by atoms with E-state index in [-0.39, 0.29) is 5.78 Å². The molecule has 0 N–H and O–H groups in total. The molecule has 0 aliphatic carbocycles. The first-order chi connectivity index (χ1) is 13.0. The molecular formula is C25H34O2. The molecule has 0 saturated heterocycles. The molecule has 0 spiro atoms. The second-order valence-corrected chi connectivity index (χ2v) is 7.90. The summed E-state index contributed by atoms with van der Waals surface area (Å²) >= 11 is 0. The number of benzene rings is 2. The van der Waals surface area contributed by atoms with E-state index in [2.05, 4.69) is 40.7 Å². The zero-order valence-corrected chi connectivity index (χ0v) is 17.5. The van der Waals surface area contributed by atoms with Crippen LogP contribution in [-0.4, -0.2) is 12.4 Å². The van der Waals surface area contributed by atoms with Crippen molar-refractivity contribution in [3.05, 3.63) is 64.7 Å². The topological polar surface area (TPSA) is 26.3 Å². The summed E-state index contributed by atoms with van der Waals surface area (Å²) in [5.41, 5.74) is 3.74. The molecule has 2 rings (SSSR count). The van der Waals surface area contributed by atoms with Gasteiger partial charge >= 0.3 is 0 Å². The summed E-state index contributed by atoms with van der Waals surface area (Å²) in [6, 6.07) is 13.8. The first-order valence-corrected chi connectivity index (χ1v) is 10.4. The summed E-state index contributed by atoms with van der Waals surface area (Å²) < 4.78 is 6.23. The molecule has 0 saturated carbocycles. The average Bonchev–Trinajstić information content (AvgIpc) is 2.67. The zero-order chi connectivity index (χ0) is 19.8. The maximum atomic E-state index is 13.3. The molecule has 2 aromatic carbocycles. The Morgan fingerprint density at radius 1 is 0.926 bits per heavy atom. The number of unbranched alkanes of at least 4 members (excludes halogenated alkanes) is 3. The summed E-state index contributed by atoms with van der Waals surface area (Å²) in [7, 11) is 0. The number of hydrogen-bond acceptors (Lipinski definition) is 2. The van der Waals surface area contributed by atoms with Gasteiger partial charge in [0.05, 0.1) is 12.2 Å². The lowest BCUT2D eigenvalue weighted by atomic mass is 9.89. The van der Waals surface area contributed by atoms with E-state index in [0.717, 1.165) is 17.7 Å². The largest absolute Gasteiger partial charge is 0.493 e. The minimum atomic E-state index is 0.0450. The third-order valence-corrected chi connectivity index (χ3v) is 4.95. The fourth-order valence-electron chi connectivity index (χ4n) is 3.21. The van der Waals surface area contributed by atoms with Gasteiger partial charge in [0.15, 0.2) is 5.78 Å². The van der Waals surface area contributed by atoms with Crippen LogP contribution in [0.4, 0.5) is 0 Å². The van der Waals surface area contributed by atoms with Gasteiger partial charge in [-0.1, -0.05) is 90.3 Å². The lowest BCUT2D eigenvalue weighted by molar-refractivity contribution is 0.103. The van der Waals surface area contributed by atoms with Crippen LogP contribution >= 0.6 is 0 Å². The SMILES string of the molecule is CCCCCCOc1c(C(=O)c2ccccc2)cc(C(C)C)cc1C(C)C. The minimum absolute atomic E-state index is 0.0450. The molecule has 146 valence electrons. The smallest absolute Gasteiger partial charge is 0.196 e. The van der Waals surface area contributed by atoms with Gasteiger partial charge in [0, 0.05) is 5.56 Å². The van der Waals surface area contributed by atoms with Gasteiger partial charge in [-0.15, -0.1) is 0 Å². The number of hydrogen-bond donors (Lipinski definition) is 0. The predicted octanol–water partition coefficient (Wildman–Crippen LogP) is 7.12. The lowest BCUT2D eigenvalue weighted by Gasteiger charge is -2.21. The van der Waals surface area contributed by atoms with Gasteiger partial charge in [0.1, 0.15) is 5.75 Å². The van der Waals surface area contributed by atoms with Crippen LogP contribution in [-0.2, 0) is 0 Å². The number of ketones is 1. The summed E-state index contributed by atoms with van der Waals surface area (Å²) in [5, 5.41) is 0. The van der Waals surface area contributed by atoms with Gasteiger partial charge in [-0.25, -0.2) is 0 Å². The van der Waals surface area contributed by atoms with E-state index < -0.39 is 0 Å². The van der Waals surface area contributed by atoms with Crippen molar-refractivity contribution in [3.8, 4) is 5.75 Å². The molecule has 0 bridgehead atoms. The van der Waals surface area contributed by atoms with Crippen molar-refractivity contribution in [2.75, 3.05) is 6.61 Å². The average molecular weight is 367 g/mol. The van der Waals surface area contributed by atoms with E-state index in [1.54, 1.807) is 0 Å². The summed E-state index contributed by atoms with van der Waals surface area (Å²) in [4.78, 5) is 13.3. The Kier molecular flexibility index (Phi) is 8.09. The molecule has 2 nitrogen and oxygen atoms in total. The first kappa shape index (κ1) is 21.2. The van der Waals surface area contributed by atoms with Crippen LogP contribution < -0.4 is 4.74 Å². The molecule has 0 aliphatic heterocycles. The Bertz CT molecular complexity index is 729. The number of rotatable bonds is 10. The van der Waals surface area contributed by atoms with Crippen LogP contribution in [0, 0.1) is 0 Å². The van der Waals surface area contributed by atoms with Crippen molar-refractivity contribution >= 4 is 5.78 Å². The van der Waals surface area contributed by atoms with E-state index in [1.165, 1.54) is 24.8 Å². The Morgan fingerprint density at radius 3 is 2.22 bits per heavy atom. The van der Waals surface area contributed by atoms with Crippen LogP contribution in [0.2, 0.25) is 0 Å². The fraction of sp³-hybridized carbons (Fsp3) is 0.480. The van der Waals surface area contributed by atoms with E-state index in [0.29, 0.717) is 29.6 Å². The van der Waals surface area contributed by atoms with Crippen molar-refractivity contribution in [1.82, 2.24) is 0 Å². The van der Waals surface area contributed by atoms with E-state index >= 15 is 0 Å². The van der Waals surface area contributed by atoms with Gasteiger partial charge in [-0.05, 0) is 35.4 Å². The number of carbonyl (C=O) groups is 1.